The van der Waals surface area contributed by atoms with Crippen LogP contribution in [0.1, 0.15) is 28.1 Å². The minimum Gasteiger partial charge on any atom is -0.493 e. The van der Waals surface area contributed by atoms with Crippen molar-refractivity contribution in [2.24, 2.45) is 7.05 Å². The van der Waals surface area contributed by atoms with Crippen molar-refractivity contribution in [3.8, 4) is 11.5 Å². The number of hydrogen-bond donors (Lipinski definition) is 0. The van der Waals surface area contributed by atoms with Gasteiger partial charge in [0.15, 0.2) is 11.5 Å². The molecule has 6 nitrogen and oxygen atoms in total. The van der Waals surface area contributed by atoms with E-state index < -0.39 is 0 Å². The Labute approximate surface area is 148 Å². The molecule has 3 rings (SSSR count). The SMILES string of the molecule is COc1cc2c(cc1OC)CN(C(=O)Cc1c(C)nn(C)c1C)CC2. The first-order chi connectivity index (χ1) is 11.9. The van der Waals surface area contributed by atoms with E-state index in [1.807, 2.05) is 42.6 Å². The minimum atomic E-state index is 0.139. The lowest BCUT2D eigenvalue weighted by Crippen LogP contribution is -2.37. The van der Waals surface area contributed by atoms with Crippen LogP contribution >= 0.6 is 0 Å². The molecule has 25 heavy (non-hydrogen) atoms. The summed E-state index contributed by atoms with van der Waals surface area (Å²) in [7, 11) is 5.18. The van der Waals surface area contributed by atoms with Gasteiger partial charge in [0.1, 0.15) is 0 Å². The van der Waals surface area contributed by atoms with Crippen molar-refractivity contribution in [3.63, 3.8) is 0 Å². The summed E-state index contributed by atoms with van der Waals surface area (Å²) in [5, 5.41) is 4.40. The summed E-state index contributed by atoms with van der Waals surface area (Å²) in [6.45, 7) is 5.29. The number of hydrogen-bond acceptors (Lipinski definition) is 4. The number of methoxy groups -OCH3 is 2. The van der Waals surface area contributed by atoms with E-state index in [2.05, 4.69) is 5.10 Å². The largest absolute Gasteiger partial charge is 0.493 e. The summed E-state index contributed by atoms with van der Waals surface area (Å²) in [6, 6.07) is 4.00. The average molecular weight is 343 g/mol. The number of amides is 1. The molecule has 0 atom stereocenters. The van der Waals surface area contributed by atoms with E-state index in [1.165, 1.54) is 5.56 Å². The Kier molecular flexibility index (Phi) is 4.70. The van der Waals surface area contributed by atoms with Crippen LogP contribution in [0.25, 0.3) is 0 Å². The van der Waals surface area contributed by atoms with E-state index in [9.17, 15) is 4.79 Å². The van der Waals surface area contributed by atoms with Gasteiger partial charge in [-0.2, -0.15) is 5.10 Å². The van der Waals surface area contributed by atoms with Gasteiger partial charge < -0.3 is 14.4 Å². The lowest BCUT2D eigenvalue weighted by atomic mass is 9.98. The molecule has 0 N–H and O–H groups in total. The van der Waals surface area contributed by atoms with Gasteiger partial charge in [0.25, 0.3) is 0 Å². The highest BCUT2D eigenvalue weighted by atomic mass is 16.5. The van der Waals surface area contributed by atoms with Gasteiger partial charge in [0.05, 0.1) is 26.3 Å². The standard InChI is InChI=1S/C19H25N3O3/c1-12-16(13(2)21(3)20-12)10-19(23)22-7-6-14-8-17(24-4)18(25-5)9-15(14)11-22/h8-9H,6-7,10-11H2,1-5H3. The summed E-state index contributed by atoms with van der Waals surface area (Å²) < 4.78 is 12.6. The van der Waals surface area contributed by atoms with Crippen molar-refractivity contribution in [1.29, 1.82) is 0 Å². The van der Waals surface area contributed by atoms with Crippen molar-refractivity contribution in [2.75, 3.05) is 20.8 Å². The molecule has 0 bridgehead atoms. The summed E-state index contributed by atoms with van der Waals surface area (Å²) in [5.41, 5.74) is 5.35. The van der Waals surface area contributed by atoms with Crippen molar-refractivity contribution < 1.29 is 14.3 Å². The lowest BCUT2D eigenvalue weighted by molar-refractivity contribution is -0.131. The average Bonchev–Trinajstić information content (AvgIpc) is 2.85. The quantitative estimate of drug-likeness (QED) is 0.854. The molecule has 0 saturated carbocycles. The fourth-order valence-electron chi connectivity index (χ4n) is 3.43. The minimum absolute atomic E-state index is 0.139. The van der Waals surface area contributed by atoms with Crippen LogP contribution in [0.5, 0.6) is 11.5 Å². The first-order valence-corrected chi connectivity index (χ1v) is 8.45. The topological polar surface area (TPSA) is 56.6 Å². The third-order valence-electron chi connectivity index (χ3n) is 5.06. The molecule has 1 aromatic heterocycles. The molecule has 0 saturated heterocycles. The van der Waals surface area contributed by atoms with Gasteiger partial charge in [-0.25, -0.2) is 0 Å². The second-order valence-corrected chi connectivity index (χ2v) is 6.49. The summed E-state index contributed by atoms with van der Waals surface area (Å²) >= 11 is 0. The van der Waals surface area contributed by atoms with Crippen LogP contribution in [0.2, 0.25) is 0 Å². The molecule has 1 aliphatic rings. The lowest BCUT2D eigenvalue weighted by Gasteiger charge is -2.29. The predicted molar refractivity (Wildman–Crippen MR) is 95.1 cm³/mol. The fourth-order valence-corrected chi connectivity index (χ4v) is 3.43. The van der Waals surface area contributed by atoms with Crippen molar-refractivity contribution >= 4 is 5.91 Å². The Morgan fingerprint density at radius 1 is 1.16 bits per heavy atom. The Bertz CT molecular complexity index is 811. The predicted octanol–water partition coefficient (Wildman–Crippen LogP) is 2.18. The monoisotopic (exact) mass is 343 g/mol. The van der Waals surface area contributed by atoms with Crippen molar-refractivity contribution in [3.05, 3.63) is 40.2 Å². The number of benzene rings is 1. The molecule has 134 valence electrons. The van der Waals surface area contributed by atoms with Gasteiger partial charge in [0.2, 0.25) is 5.91 Å². The third-order valence-corrected chi connectivity index (χ3v) is 5.06. The van der Waals surface area contributed by atoms with Gasteiger partial charge >= 0.3 is 0 Å². The van der Waals surface area contributed by atoms with Crippen LogP contribution < -0.4 is 9.47 Å². The molecule has 1 aliphatic heterocycles. The summed E-state index contributed by atoms with van der Waals surface area (Å²) in [5.74, 6) is 1.58. The van der Waals surface area contributed by atoms with Crippen LogP contribution in [-0.4, -0.2) is 41.4 Å². The number of rotatable bonds is 4. The number of carbonyl (C=O) groups is 1. The number of aryl methyl sites for hydroxylation is 2. The summed E-state index contributed by atoms with van der Waals surface area (Å²) in [4.78, 5) is 14.7. The molecule has 0 spiro atoms. The van der Waals surface area contributed by atoms with Crippen LogP contribution in [0.4, 0.5) is 0 Å². The maximum atomic E-state index is 12.8. The number of aromatic nitrogens is 2. The fraction of sp³-hybridized carbons (Fsp3) is 0.474. The maximum Gasteiger partial charge on any atom is 0.227 e. The molecule has 2 aromatic rings. The van der Waals surface area contributed by atoms with E-state index >= 15 is 0 Å². The number of carbonyl (C=O) groups excluding carboxylic acids is 1. The zero-order valence-corrected chi connectivity index (χ0v) is 15.5. The van der Waals surface area contributed by atoms with E-state index in [0.29, 0.717) is 18.7 Å². The molecule has 0 fully saturated rings. The Balaban J connectivity index is 1.79. The van der Waals surface area contributed by atoms with Gasteiger partial charge in [-0.3, -0.25) is 9.48 Å². The Morgan fingerprint density at radius 2 is 1.80 bits per heavy atom. The maximum absolute atomic E-state index is 12.8. The van der Waals surface area contributed by atoms with Crippen molar-refractivity contribution in [2.45, 2.75) is 33.2 Å². The molecular weight excluding hydrogens is 318 g/mol. The van der Waals surface area contributed by atoms with Crippen molar-refractivity contribution in [1.82, 2.24) is 14.7 Å². The molecular formula is C19H25N3O3. The van der Waals surface area contributed by atoms with E-state index in [-0.39, 0.29) is 5.91 Å². The molecule has 2 heterocycles. The van der Waals surface area contributed by atoms with Crippen LogP contribution in [-0.2, 0) is 31.2 Å². The van der Waals surface area contributed by atoms with Gasteiger partial charge in [-0.15, -0.1) is 0 Å². The van der Waals surface area contributed by atoms with E-state index in [0.717, 1.165) is 41.2 Å². The van der Waals surface area contributed by atoms with Gasteiger partial charge in [-0.05, 0) is 43.5 Å². The third kappa shape index (κ3) is 3.21. The molecule has 6 heteroatoms. The Hall–Kier alpha value is -2.50. The smallest absolute Gasteiger partial charge is 0.227 e. The highest BCUT2D eigenvalue weighted by Crippen LogP contribution is 2.33. The molecule has 1 aromatic carbocycles. The highest BCUT2D eigenvalue weighted by Gasteiger charge is 2.24. The zero-order chi connectivity index (χ0) is 18.1. The molecule has 0 unspecified atom stereocenters. The van der Waals surface area contributed by atoms with E-state index in [4.69, 9.17) is 9.47 Å². The molecule has 0 aliphatic carbocycles. The number of fused-ring (bicyclic) bond motifs is 1. The first kappa shape index (κ1) is 17.3. The summed E-state index contributed by atoms with van der Waals surface area (Å²) in [6.07, 6.45) is 1.22. The second-order valence-electron chi connectivity index (χ2n) is 6.49. The number of ether oxygens (including phenoxy) is 2. The second kappa shape index (κ2) is 6.78. The van der Waals surface area contributed by atoms with Crippen LogP contribution in [0.15, 0.2) is 12.1 Å². The van der Waals surface area contributed by atoms with Gasteiger partial charge in [0, 0.05) is 31.4 Å². The normalized spacial score (nSPS) is 13.6. The zero-order valence-electron chi connectivity index (χ0n) is 15.5. The van der Waals surface area contributed by atoms with Gasteiger partial charge in [-0.1, -0.05) is 0 Å². The molecule has 0 radical (unpaired) electrons. The first-order valence-electron chi connectivity index (χ1n) is 8.45. The number of nitrogens with zero attached hydrogens (tertiary/aromatic N) is 3. The molecule has 1 amide bonds. The van der Waals surface area contributed by atoms with Crippen LogP contribution in [0.3, 0.4) is 0 Å². The van der Waals surface area contributed by atoms with Crippen LogP contribution in [0, 0.1) is 13.8 Å². The Morgan fingerprint density at radius 3 is 2.36 bits per heavy atom. The van der Waals surface area contributed by atoms with E-state index in [1.54, 1.807) is 14.2 Å². The highest BCUT2D eigenvalue weighted by molar-refractivity contribution is 5.79.